The number of hydrogen-bond acceptors (Lipinski definition) is 3. The molecule has 98 valence electrons. The predicted octanol–water partition coefficient (Wildman–Crippen LogP) is 2.13. The minimum Gasteiger partial charge on any atom is -0.445 e. The average Bonchev–Trinajstić information content (AvgIpc) is 2.86. The van der Waals surface area contributed by atoms with Gasteiger partial charge in [0, 0.05) is 18.6 Å². The van der Waals surface area contributed by atoms with Gasteiger partial charge in [0.15, 0.2) is 0 Å². The summed E-state index contributed by atoms with van der Waals surface area (Å²) in [6.45, 7) is 3.01. The summed E-state index contributed by atoms with van der Waals surface area (Å²) in [7, 11) is 0. The van der Waals surface area contributed by atoms with Crippen LogP contribution in [0.15, 0.2) is 30.3 Å². The zero-order valence-electron chi connectivity index (χ0n) is 10.7. The Morgan fingerprint density at radius 3 is 2.89 bits per heavy atom. The molecule has 0 unspecified atom stereocenters. The van der Waals surface area contributed by atoms with Crippen LogP contribution >= 0.6 is 0 Å². The molecule has 4 nitrogen and oxygen atoms in total. The standard InChI is InChI=1S/C14H20N2O2/c1-11(15)13-8-5-9-16(13)14(17)18-10-12-6-3-2-4-7-12/h2-4,6-7,11,13H,5,8-10,15H2,1H3/t11-,13+/m0/s1. The Bertz CT molecular complexity index is 392. The first-order valence-electron chi connectivity index (χ1n) is 6.41. The van der Waals surface area contributed by atoms with E-state index in [1.165, 1.54) is 0 Å². The van der Waals surface area contributed by atoms with E-state index in [1.807, 2.05) is 37.3 Å². The van der Waals surface area contributed by atoms with Crippen LogP contribution in [0.1, 0.15) is 25.3 Å². The van der Waals surface area contributed by atoms with Crippen LogP contribution in [0.4, 0.5) is 4.79 Å². The van der Waals surface area contributed by atoms with Gasteiger partial charge in [0.1, 0.15) is 6.61 Å². The number of rotatable bonds is 3. The summed E-state index contributed by atoms with van der Waals surface area (Å²) in [5.41, 5.74) is 6.89. The van der Waals surface area contributed by atoms with Crippen LogP contribution in [-0.4, -0.2) is 29.6 Å². The topological polar surface area (TPSA) is 55.6 Å². The Labute approximate surface area is 108 Å². The van der Waals surface area contributed by atoms with E-state index in [0.29, 0.717) is 6.61 Å². The smallest absolute Gasteiger partial charge is 0.410 e. The SMILES string of the molecule is C[C@H](N)[C@H]1CCCN1C(=O)OCc1ccccc1. The van der Waals surface area contributed by atoms with Crippen molar-refractivity contribution in [2.45, 2.75) is 38.5 Å². The van der Waals surface area contributed by atoms with Gasteiger partial charge in [-0.1, -0.05) is 30.3 Å². The molecule has 0 aromatic heterocycles. The van der Waals surface area contributed by atoms with Gasteiger partial charge in [-0.25, -0.2) is 4.79 Å². The van der Waals surface area contributed by atoms with E-state index in [1.54, 1.807) is 4.90 Å². The quantitative estimate of drug-likeness (QED) is 0.891. The second-order valence-corrected chi connectivity index (χ2v) is 4.80. The van der Waals surface area contributed by atoms with Crippen LogP contribution in [0.2, 0.25) is 0 Å². The lowest BCUT2D eigenvalue weighted by Crippen LogP contribution is -2.45. The van der Waals surface area contributed by atoms with Crippen LogP contribution in [0.3, 0.4) is 0 Å². The third kappa shape index (κ3) is 3.01. The van der Waals surface area contributed by atoms with Crippen LogP contribution in [0.25, 0.3) is 0 Å². The summed E-state index contributed by atoms with van der Waals surface area (Å²) >= 11 is 0. The first kappa shape index (κ1) is 12.9. The highest BCUT2D eigenvalue weighted by molar-refractivity contribution is 5.68. The summed E-state index contributed by atoms with van der Waals surface area (Å²) in [5, 5.41) is 0. The molecule has 2 N–H and O–H groups in total. The number of hydrogen-bond donors (Lipinski definition) is 1. The molecule has 1 aromatic carbocycles. The summed E-state index contributed by atoms with van der Waals surface area (Å²) < 4.78 is 5.32. The fourth-order valence-electron chi connectivity index (χ4n) is 2.37. The Hall–Kier alpha value is -1.55. The Balaban J connectivity index is 1.88. The maximum atomic E-state index is 12.0. The molecule has 1 heterocycles. The molecule has 1 fully saturated rings. The molecular formula is C14H20N2O2. The highest BCUT2D eigenvalue weighted by atomic mass is 16.6. The van der Waals surface area contributed by atoms with Gasteiger partial charge < -0.3 is 15.4 Å². The number of benzene rings is 1. The number of amides is 1. The molecule has 1 aliphatic rings. The van der Waals surface area contributed by atoms with Gasteiger partial charge in [-0.2, -0.15) is 0 Å². The van der Waals surface area contributed by atoms with E-state index in [4.69, 9.17) is 10.5 Å². The van der Waals surface area contributed by atoms with E-state index < -0.39 is 0 Å². The third-order valence-corrected chi connectivity index (χ3v) is 3.35. The van der Waals surface area contributed by atoms with Crippen molar-refractivity contribution >= 4 is 6.09 Å². The predicted molar refractivity (Wildman–Crippen MR) is 70.0 cm³/mol. The Morgan fingerprint density at radius 2 is 2.22 bits per heavy atom. The van der Waals surface area contributed by atoms with E-state index >= 15 is 0 Å². The maximum Gasteiger partial charge on any atom is 0.410 e. The van der Waals surface area contributed by atoms with Gasteiger partial charge in [0.25, 0.3) is 0 Å². The third-order valence-electron chi connectivity index (χ3n) is 3.35. The average molecular weight is 248 g/mol. The fraction of sp³-hybridized carbons (Fsp3) is 0.500. The zero-order chi connectivity index (χ0) is 13.0. The lowest BCUT2D eigenvalue weighted by atomic mass is 10.1. The highest BCUT2D eigenvalue weighted by Crippen LogP contribution is 2.20. The minimum absolute atomic E-state index is 0.00299. The number of carbonyl (C=O) groups excluding carboxylic acids is 1. The largest absolute Gasteiger partial charge is 0.445 e. The number of nitrogens with zero attached hydrogens (tertiary/aromatic N) is 1. The van der Waals surface area contributed by atoms with E-state index in [9.17, 15) is 4.79 Å². The summed E-state index contributed by atoms with van der Waals surface area (Å²) in [6.07, 6.45) is 1.73. The van der Waals surface area contributed by atoms with Crippen LogP contribution in [-0.2, 0) is 11.3 Å². The van der Waals surface area contributed by atoms with Gasteiger partial charge in [0.2, 0.25) is 0 Å². The molecule has 0 spiro atoms. The molecule has 0 bridgehead atoms. The number of ether oxygens (including phenoxy) is 1. The lowest BCUT2D eigenvalue weighted by molar-refractivity contribution is 0.0890. The fourth-order valence-corrected chi connectivity index (χ4v) is 2.37. The normalized spacial score (nSPS) is 20.8. The lowest BCUT2D eigenvalue weighted by Gasteiger charge is -2.26. The second kappa shape index (κ2) is 5.87. The molecule has 1 aliphatic heterocycles. The monoisotopic (exact) mass is 248 g/mol. The van der Waals surface area contributed by atoms with Gasteiger partial charge >= 0.3 is 6.09 Å². The van der Waals surface area contributed by atoms with Crippen molar-refractivity contribution in [3.8, 4) is 0 Å². The van der Waals surface area contributed by atoms with E-state index in [0.717, 1.165) is 24.9 Å². The molecule has 1 saturated heterocycles. The van der Waals surface area contributed by atoms with Crippen molar-refractivity contribution in [3.05, 3.63) is 35.9 Å². The number of carbonyl (C=O) groups is 1. The van der Waals surface area contributed by atoms with Crippen molar-refractivity contribution in [1.29, 1.82) is 0 Å². The van der Waals surface area contributed by atoms with Crippen molar-refractivity contribution in [2.24, 2.45) is 5.73 Å². The Kier molecular flexibility index (Phi) is 4.20. The van der Waals surface area contributed by atoms with Gasteiger partial charge in [0.05, 0.1) is 0 Å². The van der Waals surface area contributed by atoms with Gasteiger partial charge in [-0.15, -0.1) is 0 Å². The van der Waals surface area contributed by atoms with Crippen LogP contribution in [0, 0.1) is 0 Å². The molecule has 0 aliphatic carbocycles. The molecule has 0 saturated carbocycles. The molecule has 18 heavy (non-hydrogen) atoms. The summed E-state index contributed by atoms with van der Waals surface area (Å²) in [5.74, 6) is 0. The van der Waals surface area contributed by atoms with Crippen molar-refractivity contribution in [3.63, 3.8) is 0 Å². The molecule has 2 atom stereocenters. The van der Waals surface area contributed by atoms with Crippen LogP contribution < -0.4 is 5.73 Å². The van der Waals surface area contributed by atoms with Gasteiger partial charge in [-0.05, 0) is 25.3 Å². The van der Waals surface area contributed by atoms with Crippen LogP contribution in [0.5, 0.6) is 0 Å². The number of likely N-dealkylation sites (tertiary alicyclic amines) is 1. The minimum atomic E-state index is -0.251. The first-order chi connectivity index (χ1) is 8.68. The zero-order valence-corrected chi connectivity index (χ0v) is 10.7. The van der Waals surface area contributed by atoms with Crippen molar-refractivity contribution in [1.82, 2.24) is 4.90 Å². The molecule has 0 radical (unpaired) electrons. The highest BCUT2D eigenvalue weighted by Gasteiger charge is 2.32. The molecular weight excluding hydrogens is 228 g/mol. The summed E-state index contributed by atoms with van der Waals surface area (Å²) in [4.78, 5) is 13.7. The maximum absolute atomic E-state index is 12.0. The molecule has 2 rings (SSSR count). The van der Waals surface area contributed by atoms with Crippen molar-refractivity contribution in [2.75, 3.05) is 6.54 Å². The van der Waals surface area contributed by atoms with E-state index in [2.05, 4.69) is 0 Å². The first-order valence-corrected chi connectivity index (χ1v) is 6.41. The van der Waals surface area contributed by atoms with Crippen molar-refractivity contribution < 1.29 is 9.53 Å². The molecule has 1 aromatic rings. The van der Waals surface area contributed by atoms with E-state index in [-0.39, 0.29) is 18.2 Å². The second-order valence-electron chi connectivity index (χ2n) is 4.80. The molecule has 1 amide bonds. The molecule has 4 heteroatoms. The Morgan fingerprint density at radius 1 is 1.50 bits per heavy atom. The number of nitrogens with two attached hydrogens (primary N) is 1. The summed E-state index contributed by atoms with van der Waals surface area (Å²) in [6, 6.07) is 9.82. The van der Waals surface area contributed by atoms with Gasteiger partial charge in [-0.3, -0.25) is 0 Å².